The zero-order valence-corrected chi connectivity index (χ0v) is 19.7. The largest absolute Gasteiger partial charge is 0.493 e. The minimum atomic E-state index is -0.198. The highest BCUT2D eigenvalue weighted by Crippen LogP contribution is 2.40. The number of aromatic nitrogens is 3. The van der Waals surface area contributed by atoms with Crippen LogP contribution < -0.4 is 24.3 Å². The molecule has 0 saturated carbocycles. The SMILES string of the molecule is COc1cc(-c2nc3s/c(=C\c4ccc(C(C)(C)C)cc4)c(=O)n3n2)cc(OC)c1OC. The summed E-state index contributed by atoms with van der Waals surface area (Å²) in [4.78, 5) is 18.0. The molecular weight excluding hydrogens is 426 g/mol. The second-order valence-electron chi connectivity index (χ2n) is 8.33. The van der Waals surface area contributed by atoms with Crippen LogP contribution in [0.5, 0.6) is 17.2 Å². The summed E-state index contributed by atoms with van der Waals surface area (Å²) in [6, 6.07) is 11.8. The van der Waals surface area contributed by atoms with Gasteiger partial charge in [0.15, 0.2) is 17.3 Å². The number of hydrogen-bond acceptors (Lipinski definition) is 7. The maximum absolute atomic E-state index is 12.9. The Labute approximate surface area is 189 Å². The van der Waals surface area contributed by atoms with E-state index in [0.29, 0.717) is 38.1 Å². The fraction of sp³-hybridized carbons (Fsp3) is 0.292. The van der Waals surface area contributed by atoms with Crippen molar-refractivity contribution in [2.45, 2.75) is 26.2 Å². The predicted octanol–water partition coefficient (Wildman–Crippen LogP) is 3.69. The van der Waals surface area contributed by atoms with E-state index in [9.17, 15) is 4.79 Å². The average molecular weight is 452 g/mol. The molecule has 0 spiro atoms. The number of rotatable bonds is 5. The van der Waals surface area contributed by atoms with Gasteiger partial charge >= 0.3 is 0 Å². The lowest BCUT2D eigenvalue weighted by molar-refractivity contribution is 0.324. The highest BCUT2D eigenvalue weighted by Gasteiger charge is 2.18. The first kappa shape index (κ1) is 21.8. The van der Waals surface area contributed by atoms with Gasteiger partial charge in [-0.25, -0.2) is 0 Å². The van der Waals surface area contributed by atoms with Crippen LogP contribution in [0, 0.1) is 0 Å². The summed E-state index contributed by atoms with van der Waals surface area (Å²) in [7, 11) is 4.64. The fourth-order valence-corrected chi connectivity index (χ4v) is 4.30. The maximum Gasteiger partial charge on any atom is 0.291 e. The zero-order valence-electron chi connectivity index (χ0n) is 18.9. The molecule has 0 atom stereocenters. The zero-order chi connectivity index (χ0) is 23.0. The lowest BCUT2D eigenvalue weighted by Crippen LogP contribution is -2.23. The highest BCUT2D eigenvalue weighted by atomic mass is 32.1. The van der Waals surface area contributed by atoms with Crippen molar-refractivity contribution in [2.24, 2.45) is 0 Å². The van der Waals surface area contributed by atoms with E-state index in [-0.39, 0.29) is 11.0 Å². The van der Waals surface area contributed by atoms with Crippen molar-refractivity contribution in [3.8, 4) is 28.6 Å². The van der Waals surface area contributed by atoms with Crippen LogP contribution in [0.25, 0.3) is 22.4 Å². The molecule has 0 bridgehead atoms. The van der Waals surface area contributed by atoms with E-state index >= 15 is 0 Å². The van der Waals surface area contributed by atoms with E-state index in [0.717, 1.165) is 5.56 Å². The fourth-order valence-electron chi connectivity index (χ4n) is 3.40. The van der Waals surface area contributed by atoms with Crippen LogP contribution in [0.1, 0.15) is 31.9 Å². The molecule has 2 aromatic carbocycles. The topological polar surface area (TPSA) is 75.0 Å². The third-order valence-corrected chi connectivity index (χ3v) is 6.14. The third kappa shape index (κ3) is 3.93. The van der Waals surface area contributed by atoms with Crippen LogP contribution in [0.15, 0.2) is 41.2 Å². The molecule has 4 rings (SSSR count). The van der Waals surface area contributed by atoms with Crippen molar-refractivity contribution in [3.05, 3.63) is 62.4 Å². The molecular formula is C24H25N3O4S. The molecule has 0 aliphatic rings. The van der Waals surface area contributed by atoms with E-state index in [1.54, 1.807) is 33.5 Å². The van der Waals surface area contributed by atoms with E-state index in [2.05, 4.69) is 43.0 Å². The van der Waals surface area contributed by atoms with Crippen molar-refractivity contribution in [3.63, 3.8) is 0 Å². The molecule has 0 amide bonds. The number of hydrogen-bond donors (Lipinski definition) is 0. The number of benzene rings is 2. The van der Waals surface area contributed by atoms with Gasteiger partial charge in [0, 0.05) is 5.56 Å². The third-order valence-electron chi connectivity index (χ3n) is 5.18. The quantitative estimate of drug-likeness (QED) is 0.461. The maximum atomic E-state index is 12.9. The number of thiazole rings is 1. The van der Waals surface area contributed by atoms with Gasteiger partial charge in [-0.2, -0.15) is 9.50 Å². The Balaban J connectivity index is 1.74. The van der Waals surface area contributed by atoms with Crippen molar-refractivity contribution in [1.82, 2.24) is 14.6 Å². The van der Waals surface area contributed by atoms with Gasteiger partial charge in [-0.3, -0.25) is 4.79 Å². The van der Waals surface area contributed by atoms with Crippen LogP contribution in [0.2, 0.25) is 0 Å². The number of fused-ring (bicyclic) bond motifs is 1. The van der Waals surface area contributed by atoms with Crippen molar-refractivity contribution in [2.75, 3.05) is 21.3 Å². The summed E-state index contributed by atoms with van der Waals surface area (Å²) in [5, 5.41) is 4.43. The Hall–Kier alpha value is -3.39. The Kier molecular flexibility index (Phi) is 5.64. The van der Waals surface area contributed by atoms with Gasteiger partial charge in [0.25, 0.3) is 5.56 Å². The highest BCUT2D eigenvalue weighted by molar-refractivity contribution is 7.15. The van der Waals surface area contributed by atoms with Crippen LogP contribution in [-0.2, 0) is 5.41 Å². The van der Waals surface area contributed by atoms with Gasteiger partial charge < -0.3 is 14.2 Å². The van der Waals surface area contributed by atoms with Crippen LogP contribution in [0.4, 0.5) is 0 Å². The number of methoxy groups -OCH3 is 3. The molecule has 0 fully saturated rings. The predicted molar refractivity (Wildman–Crippen MR) is 126 cm³/mol. The monoisotopic (exact) mass is 451 g/mol. The van der Waals surface area contributed by atoms with E-state index in [4.69, 9.17) is 14.2 Å². The smallest absolute Gasteiger partial charge is 0.291 e. The first-order chi connectivity index (χ1) is 15.2. The Morgan fingerprint density at radius 3 is 2.09 bits per heavy atom. The number of nitrogens with zero attached hydrogens (tertiary/aromatic N) is 3. The van der Waals surface area contributed by atoms with Gasteiger partial charge in [-0.15, -0.1) is 5.10 Å². The van der Waals surface area contributed by atoms with Gasteiger partial charge in [-0.05, 0) is 34.8 Å². The summed E-state index contributed by atoms with van der Waals surface area (Å²) in [6.45, 7) is 6.52. The summed E-state index contributed by atoms with van der Waals surface area (Å²) >= 11 is 1.31. The first-order valence-corrected chi connectivity index (χ1v) is 10.9. The summed E-state index contributed by atoms with van der Waals surface area (Å²) in [5.74, 6) is 1.89. The van der Waals surface area contributed by atoms with Crippen LogP contribution in [0.3, 0.4) is 0 Å². The Morgan fingerprint density at radius 1 is 0.969 bits per heavy atom. The molecule has 8 heteroatoms. The lowest BCUT2D eigenvalue weighted by atomic mass is 9.87. The second-order valence-corrected chi connectivity index (χ2v) is 9.34. The molecule has 2 aromatic heterocycles. The molecule has 2 heterocycles. The Bertz CT molecular complexity index is 1360. The molecule has 0 saturated heterocycles. The minimum Gasteiger partial charge on any atom is -0.493 e. The normalized spacial score (nSPS) is 12.4. The lowest BCUT2D eigenvalue weighted by Gasteiger charge is -2.18. The van der Waals surface area contributed by atoms with Gasteiger partial charge in [-0.1, -0.05) is 56.4 Å². The van der Waals surface area contributed by atoms with E-state index in [1.807, 2.05) is 18.2 Å². The molecule has 0 aliphatic heterocycles. The minimum absolute atomic E-state index is 0.0823. The van der Waals surface area contributed by atoms with Crippen LogP contribution >= 0.6 is 11.3 Å². The van der Waals surface area contributed by atoms with E-state index < -0.39 is 0 Å². The Morgan fingerprint density at radius 2 is 1.59 bits per heavy atom. The summed E-state index contributed by atoms with van der Waals surface area (Å²) in [6.07, 6.45) is 1.87. The molecule has 0 aliphatic carbocycles. The van der Waals surface area contributed by atoms with Crippen molar-refractivity contribution in [1.29, 1.82) is 0 Å². The molecule has 166 valence electrons. The molecule has 32 heavy (non-hydrogen) atoms. The first-order valence-electron chi connectivity index (χ1n) is 10.1. The van der Waals surface area contributed by atoms with Crippen molar-refractivity contribution >= 4 is 22.4 Å². The molecule has 7 nitrogen and oxygen atoms in total. The summed E-state index contributed by atoms with van der Waals surface area (Å²) in [5.41, 5.74) is 2.76. The molecule has 0 N–H and O–H groups in total. The molecule has 0 unspecified atom stereocenters. The van der Waals surface area contributed by atoms with Crippen molar-refractivity contribution < 1.29 is 14.2 Å². The molecule has 4 aromatic rings. The number of ether oxygens (including phenoxy) is 3. The second kappa shape index (κ2) is 8.27. The van der Waals surface area contributed by atoms with E-state index in [1.165, 1.54) is 21.4 Å². The summed E-state index contributed by atoms with van der Waals surface area (Å²) < 4.78 is 18.1. The molecule has 0 radical (unpaired) electrons. The standard InChI is InChI=1S/C24H25N3O4S/c1-24(2,3)16-9-7-14(8-10-16)11-19-22(28)27-23(32-19)25-21(26-27)15-12-17(29-4)20(31-6)18(13-15)30-5/h7-13H,1-6H3/b19-11-. The van der Waals surface area contributed by atoms with Gasteiger partial charge in [0.05, 0.1) is 25.9 Å². The van der Waals surface area contributed by atoms with Crippen LogP contribution in [-0.4, -0.2) is 35.9 Å². The average Bonchev–Trinajstić information content (AvgIpc) is 3.31. The van der Waals surface area contributed by atoms with Gasteiger partial charge in [0.1, 0.15) is 0 Å². The van der Waals surface area contributed by atoms with Gasteiger partial charge in [0.2, 0.25) is 10.7 Å².